The van der Waals surface area contributed by atoms with E-state index in [1.807, 2.05) is 91.0 Å². The summed E-state index contributed by atoms with van der Waals surface area (Å²) in [5.74, 6) is -0.0805. The third-order valence-electron chi connectivity index (χ3n) is 4.28. The molecule has 1 heterocycles. The maximum atomic E-state index is 13.0. The van der Waals surface area contributed by atoms with Crippen molar-refractivity contribution in [3.05, 3.63) is 96.6 Å². The molecule has 1 aliphatic heterocycles. The molecule has 0 aliphatic carbocycles. The lowest BCUT2D eigenvalue weighted by atomic mass is 9.91. The lowest BCUT2D eigenvalue weighted by Crippen LogP contribution is -2.64. The van der Waals surface area contributed by atoms with Crippen molar-refractivity contribution in [2.45, 2.75) is 15.1 Å². The van der Waals surface area contributed by atoms with Crippen LogP contribution in [-0.2, 0) is 4.79 Å². The Labute approximate surface area is 156 Å². The summed E-state index contributed by atoms with van der Waals surface area (Å²) in [6, 6.07) is 29.3. The second-order valence-electron chi connectivity index (χ2n) is 5.88. The van der Waals surface area contributed by atoms with Gasteiger partial charge in [0.1, 0.15) is 0 Å². The molecule has 0 N–H and O–H groups in total. The van der Waals surface area contributed by atoms with E-state index in [2.05, 4.69) is 0 Å². The summed E-state index contributed by atoms with van der Waals surface area (Å²) in [7, 11) is 0. The van der Waals surface area contributed by atoms with Gasteiger partial charge in [0.2, 0.25) is 0 Å². The third kappa shape index (κ3) is 2.84. The van der Waals surface area contributed by atoms with Crippen molar-refractivity contribution in [2.24, 2.45) is 0 Å². The molecule has 4 rings (SSSR count). The van der Waals surface area contributed by atoms with Gasteiger partial charge in [-0.2, -0.15) is 0 Å². The Morgan fingerprint density at radius 2 is 1.32 bits per heavy atom. The Hall–Kier alpha value is -2.23. The highest BCUT2D eigenvalue weighted by Crippen LogP contribution is 2.58. The number of rotatable bonds is 4. The molecule has 4 heteroatoms. The standard InChI is InChI=1S/C21H16ClNOS/c22-21(25-18-14-8-3-9-15-18)19(16-10-4-1-5-11-16)23(20(21)24)17-12-6-2-7-13-17/h1-15,19H. The highest BCUT2D eigenvalue weighted by molar-refractivity contribution is 8.03. The summed E-state index contributed by atoms with van der Waals surface area (Å²) in [6.07, 6.45) is 0. The molecule has 2 unspecified atom stereocenters. The maximum absolute atomic E-state index is 13.0. The zero-order chi connectivity index (χ0) is 17.3. The molecule has 0 bridgehead atoms. The molecule has 2 nitrogen and oxygen atoms in total. The van der Waals surface area contributed by atoms with Gasteiger partial charge in [0.05, 0.1) is 6.04 Å². The number of β-lactam (4-membered cyclic amide) rings is 1. The maximum Gasteiger partial charge on any atom is 0.262 e. The van der Waals surface area contributed by atoms with Gasteiger partial charge in [-0.05, 0) is 29.8 Å². The molecule has 0 spiro atoms. The molecule has 1 aliphatic rings. The van der Waals surface area contributed by atoms with Crippen LogP contribution in [-0.4, -0.2) is 10.1 Å². The monoisotopic (exact) mass is 365 g/mol. The second-order valence-corrected chi connectivity index (χ2v) is 8.02. The van der Waals surface area contributed by atoms with Crippen LogP contribution >= 0.6 is 23.4 Å². The molecule has 1 saturated heterocycles. The Kier molecular flexibility index (Phi) is 4.28. The van der Waals surface area contributed by atoms with Gasteiger partial charge in [-0.3, -0.25) is 9.69 Å². The van der Waals surface area contributed by atoms with Crippen molar-refractivity contribution >= 4 is 35.0 Å². The van der Waals surface area contributed by atoms with Gasteiger partial charge >= 0.3 is 0 Å². The van der Waals surface area contributed by atoms with E-state index in [0.717, 1.165) is 16.1 Å². The van der Waals surface area contributed by atoms with Crippen molar-refractivity contribution in [3.8, 4) is 0 Å². The van der Waals surface area contributed by atoms with Gasteiger partial charge < -0.3 is 0 Å². The number of alkyl halides is 1. The number of carbonyl (C=O) groups is 1. The van der Waals surface area contributed by atoms with Crippen LogP contribution in [0.25, 0.3) is 0 Å². The normalized spacial score (nSPS) is 22.5. The SMILES string of the molecule is O=C1N(c2ccccc2)C(c2ccccc2)C1(Cl)Sc1ccccc1. The molecule has 3 aromatic rings. The summed E-state index contributed by atoms with van der Waals surface area (Å²) in [4.78, 5) is 15.8. The number of amides is 1. The summed E-state index contributed by atoms with van der Waals surface area (Å²) >= 11 is 8.33. The van der Waals surface area contributed by atoms with E-state index in [9.17, 15) is 4.79 Å². The zero-order valence-corrected chi connectivity index (χ0v) is 15.0. The number of carbonyl (C=O) groups excluding carboxylic acids is 1. The predicted molar refractivity (Wildman–Crippen MR) is 104 cm³/mol. The predicted octanol–water partition coefficient (Wildman–Crippen LogP) is 5.50. The Morgan fingerprint density at radius 3 is 1.92 bits per heavy atom. The minimum atomic E-state index is -1.04. The number of benzene rings is 3. The lowest BCUT2D eigenvalue weighted by Gasteiger charge is -2.52. The number of thioether (sulfide) groups is 1. The van der Waals surface area contributed by atoms with Crippen molar-refractivity contribution < 1.29 is 4.79 Å². The number of nitrogens with zero attached hydrogens (tertiary/aromatic N) is 1. The highest BCUT2D eigenvalue weighted by Gasteiger charge is 2.61. The van der Waals surface area contributed by atoms with Crippen molar-refractivity contribution in [2.75, 3.05) is 4.90 Å². The molecule has 1 amide bonds. The van der Waals surface area contributed by atoms with E-state index in [1.165, 1.54) is 11.8 Å². The van der Waals surface area contributed by atoms with Crippen LogP contribution in [0.3, 0.4) is 0 Å². The Balaban J connectivity index is 1.75. The first-order chi connectivity index (χ1) is 12.2. The van der Waals surface area contributed by atoms with Crippen molar-refractivity contribution in [1.82, 2.24) is 0 Å². The minimum Gasteiger partial charge on any atom is -0.299 e. The van der Waals surface area contributed by atoms with E-state index < -0.39 is 4.21 Å². The van der Waals surface area contributed by atoms with Gasteiger partial charge in [0.25, 0.3) is 5.91 Å². The molecule has 0 saturated carbocycles. The van der Waals surface area contributed by atoms with Crippen LogP contribution in [0.4, 0.5) is 5.69 Å². The molecule has 0 radical (unpaired) electrons. The topological polar surface area (TPSA) is 20.3 Å². The third-order valence-corrected chi connectivity index (χ3v) is 6.08. The highest BCUT2D eigenvalue weighted by atomic mass is 35.5. The van der Waals surface area contributed by atoms with Gasteiger partial charge in [0, 0.05) is 10.6 Å². The molecular weight excluding hydrogens is 350 g/mol. The smallest absolute Gasteiger partial charge is 0.262 e. The molecular formula is C21H16ClNOS. The van der Waals surface area contributed by atoms with Crippen molar-refractivity contribution in [1.29, 1.82) is 0 Å². The number of anilines is 1. The fourth-order valence-electron chi connectivity index (χ4n) is 3.11. The fourth-order valence-corrected chi connectivity index (χ4v) is 4.87. The molecule has 2 atom stereocenters. The Bertz CT molecular complexity index is 872. The summed E-state index contributed by atoms with van der Waals surface area (Å²) < 4.78 is -1.04. The molecule has 3 aromatic carbocycles. The van der Waals surface area contributed by atoms with E-state index in [4.69, 9.17) is 11.6 Å². The van der Waals surface area contributed by atoms with E-state index in [0.29, 0.717) is 0 Å². The van der Waals surface area contributed by atoms with Crippen molar-refractivity contribution in [3.63, 3.8) is 0 Å². The number of hydrogen-bond donors (Lipinski definition) is 0. The van der Waals surface area contributed by atoms with Gasteiger partial charge in [0.15, 0.2) is 4.21 Å². The molecule has 1 fully saturated rings. The lowest BCUT2D eigenvalue weighted by molar-refractivity contribution is -0.125. The largest absolute Gasteiger partial charge is 0.299 e. The van der Waals surface area contributed by atoms with Gasteiger partial charge in [-0.1, -0.05) is 90.1 Å². The van der Waals surface area contributed by atoms with Crippen LogP contribution in [0.5, 0.6) is 0 Å². The average Bonchev–Trinajstić information content (AvgIpc) is 2.67. The van der Waals surface area contributed by atoms with Gasteiger partial charge in [-0.15, -0.1) is 0 Å². The first-order valence-corrected chi connectivity index (χ1v) is 9.26. The second kappa shape index (κ2) is 6.58. The molecule has 25 heavy (non-hydrogen) atoms. The first kappa shape index (κ1) is 16.2. The number of halogens is 1. The fraction of sp³-hybridized carbons (Fsp3) is 0.0952. The van der Waals surface area contributed by atoms with E-state index in [1.54, 1.807) is 4.90 Å². The zero-order valence-electron chi connectivity index (χ0n) is 13.4. The van der Waals surface area contributed by atoms with Crippen LogP contribution in [0.1, 0.15) is 11.6 Å². The Morgan fingerprint density at radius 1 is 0.800 bits per heavy atom. The minimum absolute atomic E-state index is 0.0805. The molecule has 124 valence electrons. The first-order valence-electron chi connectivity index (χ1n) is 8.07. The molecule has 0 aromatic heterocycles. The van der Waals surface area contributed by atoms with Crippen LogP contribution in [0.2, 0.25) is 0 Å². The summed E-state index contributed by atoms with van der Waals surface area (Å²) in [5, 5.41) is 0. The van der Waals surface area contributed by atoms with Crippen LogP contribution in [0, 0.1) is 0 Å². The summed E-state index contributed by atoms with van der Waals surface area (Å²) in [5.41, 5.74) is 1.90. The number of hydrogen-bond acceptors (Lipinski definition) is 2. The number of para-hydroxylation sites is 1. The quantitative estimate of drug-likeness (QED) is 0.449. The van der Waals surface area contributed by atoms with E-state index >= 15 is 0 Å². The van der Waals surface area contributed by atoms with Gasteiger partial charge in [-0.25, -0.2) is 0 Å². The average molecular weight is 366 g/mol. The van der Waals surface area contributed by atoms with Crippen LogP contribution in [0.15, 0.2) is 95.9 Å². The van der Waals surface area contributed by atoms with Crippen LogP contribution < -0.4 is 4.90 Å². The summed E-state index contributed by atoms with van der Waals surface area (Å²) in [6.45, 7) is 0. The van der Waals surface area contributed by atoms with E-state index in [-0.39, 0.29) is 11.9 Å².